The van der Waals surface area contributed by atoms with Crippen molar-refractivity contribution in [1.82, 2.24) is 5.32 Å². The molecule has 0 radical (unpaired) electrons. The molecule has 2 N–H and O–H groups in total. The van der Waals surface area contributed by atoms with Crippen molar-refractivity contribution in [3.8, 4) is 6.07 Å². The predicted octanol–water partition coefficient (Wildman–Crippen LogP) is 1.82. The summed E-state index contributed by atoms with van der Waals surface area (Å²) in [5.74, 6) is 0.727. The minimum Gasteiger partial charge on any atom is -0.394 e. The number of nitriles is 1. The van der Waals surface area contributed by atoms with Gasteiger partial charge in [0.05, 0.1) is 12.7 Å². The van der Waals surface area contributed by atoms with Crippen molar-refractivity contribution in [2.45, 2.75) is 57.5 Å². The fraction of sp³-hybridized carbons (Fsp3) is 0.917. The van der Waals surface area contributed by atoms with E-state index < -0.39 is 5.54 Å². The Morgan fingerprint density at radius 1 is 1.47 bits per heavy atom. The smallest absolute Gasteiger partial charge is 0.107 e. The van der Waals surface area contributed by atoms with Crippen molar-refractivity contribution in [2.75, 3.05) is 6.61 Å². The zero-order valence-electron chi connectivity index (χ0n) is 10.0. The van der Waals surface area contributed by atoms with Crippen LogP contribution in [-0.2, 0) is 0 Å². The van der Waals surface area contributed by atoms with E-state index in [0.29, 0.717) is 0 Å². The highest BCUT2D eigenvalue weighted by Gasteiger charge is 2.38. The lowest BCUT2D eigenvalue weighted by atomic mass is 9.77. The van der Waals surface area contributed by atoms with Crippen LogP contribution in [0.3, 0.4) is 0 Å². The number of rotatable bonds is 3. The third-order valence-electron chi connectivity index (χ3n) is 3.31. The van der Waals surface area contributed by atoms with Crippen LogP contribution >= 0.6 is 0 Å². The predicted molar refractivity (Wildman–Crippen MR) is 60.3 cm³/mol. The molecule has 0 saturated heterocycles. The van der Waals surface area contributed by atoms with Crippen LogP contribution in [0.25, 0.3) is 0 Å². The molecule has 0 unspecified atom stereocenters. The average molecular weight is 210 g/mol. The van der Waals surface area contributed by atoms with Crippen molar-refractivity contribution in [2.24, 2.45) is 5.92 Å². The molecule has 0 bridgehead atoms. The fourth-order valence-corrected chi connectivity index (χ4v) is 2.21. The monoisotopic (exact) mass is 210 g/mol. The summed E-state index contributed by atoms with van der Waals surface area (Å²) < 4.78 is 0. The van der Waals surface area contributed by atoms with Gasteiger partial charge in [0.15, 0.2) is 0 Å². The van der Waals surface area contributed by atoms with Gasteiger partial charge in [-0.2, -0.15) is 5.26 Å². The first-order valence-electron chi connectivity index (χ1n) is 5.74. The summed E-state index contributed by atoms with van der Waals surface area (Å²) in [5.41, 5.74) is -0.783. The van der Waals surface area contributed by atoms with Gasteiger partial charge in [-0.1, -0.05) is 6.92 Å². The third-order valence-corrected chi connectivity index (χ3v) is 3.31. The molecule has 0 heterocycles. The van der Waals surface area contributed by atoms with Crippen molar-refractivity contribution in [3.63, 3.8) is 0 Å². The summed E-state index contributed by atoms with van der Waals surface area (Å²) >= 11 is 0. The van der Waals surface area contributed by atoms with E-state index in [4.69, 9.17) is 0 Å². The third kappa shape index (κ3) is 3.19. The van der Waals surface area contributed by atoms with Gasteiger partial charge in [0, 0.05) is 5.54 Å². The van der Waals surface area contributed by atoms with Crippen LogP contribution in [0.1, 0.15) is 46.5 Å². The number of aliphatic hydroxyl groups is 1. The van der Waals surface area contributed by atoms with Crippen LogP contribution in [0.5, 0.6) is 0 Å². The fourth-order valence-electron chi connectivity index (χ4n) is 2.21. The van der Waals surface area contributed by atoms with E-state index in [9.17, 15) is 10.4 Å². The molecule has 0 atom stereocenters. The Labute approximate surface area is 92.5 Å². The number of nitrogens with one attached hydrogen (secondary N) is 1. The molecule has 1 aliphatic carbocycles. The molecule has 0 aromatic rings. The summed E-state index contributed by atoms with van der Waals surface area (Å²) in [4.78, 5) is 0. The van der Waals surface area contributed by atoms with Crippen molar-refractivity contribution >= 4 is 0 Å². The number of aliphatic hydroxyl groups excluding tert-OH is 1. The number of nitrogens with zero attached hydrogens (tertiary/aromatic N) is 1. The van der Waals surface area contributed by atoms with Gasteiger partial charge in [0.25, 0.3) is 0 Å². The lowest BCUT2D eigenvalue weighted by Gasteiger charge is -2.40. The van der Waals surface area contributed by atoms with E-state index in [1.165, 1.54) is 0 Å². The summed E-state index contributed by atoms with van der Waals surface area (Å²) in [7, 11) is 0. The molecule has 0 aromatic carbocycles. The molecule has 0 amide bonds. The van der Waals surface area contributed by atoms with Crippen LogP contribution in [0, 0.1) is 17.2 Å². The number of hydrogen-bond donors (Lipinski definition) is 2. The molecule has 86 valence electrons. The number of hydrogen-bond acceptors (Lipinski definition) is 3. The van der Waals surface area contributed by atoms with Crippen LogP contribution in [-0.4, -0.2) is 22.8 Å². The van der Waals surface area contributed by atoms with Gasteiger partial charge in [0.2, 0.25) is 0 Å². The van der Waals surface area contributed by atoms with Crippen molar-refractivity contribution in [1.29, 1.82) is 5.26 Å². The Morgan fingerprint density at radius 2 is 2.00 bits per heavy atom. The largest absolute Gasteiger partial charge is 0.394 e. The molecule has 3 heteroatoms. The summed E-state index contributed by atoms with van der Waals surface area (Å²) in [6.45, 7) is 6.17. The summed E-state index contributed by atoms with van der Waals surface area (Å²) in [6.07, 6.45) is 3.99. The lowest BCUT2D eigenvalue weighted by Crippen LogP contribution is -2.57. The van der Waals surface area contributed by atoms with E-state index in [2.05, 4.69) is 18.3 Å². The minimum absolute atomic E-state index is 0.0615. The van der Waals surface area contributed by atoms with Crippen LogP contribution in [0.2, 0.25) is 0 Å². The van der Waals surface area contributed by atoms with Gasteiger partial charge in [-0.3, -0.25) is 5.32 Å². The highest BCUT2D eigenvalue weighted by Crippen LogP contribution is 2.32. The zero-order chi connectivity index (χ0) is 11.5. The zero-order valence-corrected chi connectivity index (χ0v) is 10.0. The van der Waals surface area contributed by atoms with E-state index in [1.54, 1.807) is 0 Å². The second kappa shape index (κ2) is 4.51. The van der Waals surface area contributed by atoms with E-state index in [1.807, 2.05) is 13.8 Å². The van der Waals surface area contributed by atoms with Gasteiger partial charge < -0.3 is 5.11 Å². The summed E-state index contributed by atoms with van der Waals surface area (Å²) in [5, 5.41) is 21.8. The Hall–Kier alpha value is -0.590. The maximum absolute atomic E-state index is 9.29. The molecule has 1 saturated carbocycles. The average Bonchev–Trinajstić information content (AvgIpc) is 2.22. The van der Waals surface area contributed by atoms with E-state index in [0.717, 1.165) is 31.6 Å². The molecule has 1 rings (SSSR count). The second-order valence-corrected chi connectivity index (χ2v) is 5.54. The van der Waals surface area contributed by atoms with Crippen LogP contribution in [0.4, 0.5) is 0 Å². The Morgan fingerprint density at radius 3 is 2.40 bits per heavy atom. The molecular weight excluding hydrogens is 188 g/mol. The Balaban J connectivity index is 2.67. The molecule has 1 aliphatic rings. The topological polar surface area (TPSA) is 56.0 Å². The highest BCUT2D eigenvalue weighted by molar-refractivity contribution is 5.11. The van der Waals surface area contributed by atoms with Gasteiger partial charge in [-0.05, 0) is 45.4 Å². The Kier molecular flexibility index (Phi) is 3.75. The van der Waals surface area contributed by atoms with Crippen molar-refractivity contribution in [3.05, 3.63) is 0 Å². The van der Waals surface area contributed by atoms with Crippen molar-refractivity contribution < 1.29 is 5.11 Å². The van der Waals surface area contributed by atoms with E-state index in [-0.39, 0.29) is 12.1 Å². The molecule has 0 spiro atoms. The first kappa shape index (κ1) is 12.5. The summed E-state index contributed by atoms with van der Waals surface area (Å²) in [6, 6.07) is 2.41. The van der Waals surface area contributed by atoms with Gasteiger partial charge in [-0.15, -0.1) is 0 Å². The maximum Gasteiger partial charge on any atom is 0.107 e. The van der Waals surface area contributed by atoms with E-state index >= 15 is 0 Å². The quantitative estimate of drug-likeness (QED) is 0.747. The molecule has 0 aromatic heterocycles. The standard InChI is InChI=1S/C12H22N2O/c1-10-4-6-12(8-13,7-5-10)14-11(2,3)9-15/h10,14-15H,4-7,9H2,1-3H3. The molecule has 3 nitrogen and oxygen atoms in total. The SMILES string of the molecule is CC1CCC(C#N)(NC(C)(C)CO)CC1. The lowest BCUT2D eigenvalue weighted by molar-refractivity contribution is 0.133. The minimum atomic E-state index is -0.418. The van der Waals surface area contributed by atoms with Gasteiger partial charge >= 0.3 is 0 Å². The molecular formula is C12H22N2O. The second-order valence-electron chi connectivity index (χ2n) is 5.54. The first-order valence-corrected chi connectivity index (χ1v) is 5.74. The normalized spacial score (nSPS) is 32.3. The molecule has 15 heavy (non-hydrogen) atoms. The molecule has 0 aliphatic heterocycles. The maximum atomic E-state index is 9.29. The van der Waals surface area contributed by atoms with Crippen LogP contribution in [0.15, 0.2) is 0 Å². The van der Waals surface area contributed by atoms with Crippen LogP contribution < -0.4 is 5.32 Å². The van der Waals surface area contributed by atoms with Gasteiger partial charge in [0.1, 0.15) is 5.54 Å². The molecule has 1 fully saturated rings. The first-order chi connectivity index (χ1) is 6.93. The van der Waals surface area contributed by atoms with Gasteiger partial charge in [-0.25, -0.2) is 0 Å². The highest BCUT2D eigenvalue weighted by atomic mass is 16.3. The Bertz CT molecular complexity index is 247.